The molecule has 0 fully saturated rings. The summed E-state index contributed by atoms with van der Waals surface area (Å²) in [5.74, 6) is 0.863. The van der Waals surface area contributed by atoms with Gasteiger partial charge in [0.1, 0.15) is 11.3 Å². The van der Waals surface area contributed by atoms with Crippen molar-refractivity contribution in [3.63, 3.8) is 0 Å². The van der Waals surface area contributed by atoms with Crippen LogP contribution in [0.3, 0.4) is 0 Å². The highest BCUT2D eigenvalue weighted by Crippen LogP contribution is 2.29. The molecule has 0 unspecified atom stereocenters. The van der Waals surface area contributed by atoms with Gasteiger partial charge in [0.05, 0.1) is 12.7 Å². The van der Waals surface area contributed by atoms with Crippen LogP contribution in [-0.2, 0) is 0 Å². The van der Waals surface area contributed by atoms with Crippen LogP contribution in [0.4, 0.5) is 5.69 Å². The van der Waals surface area contributed by atoms with Gasteiger partial charge in [-0.2, -0.15) is 0 Å². The Labute approximate surface area is 185 Å². The van der Waals surface area contributed by atoms with Crippen LogP contribution in [0.25, 0.3) is 33.3 Å². The molecule has 0 saturated heterocycles. The molecule has 1 heterocycles. The number of fused-ring (bicyclic) bond motifs is 2. The number of hydrogen-bond donors (Lipinski definition) is 1. The van der Waals surface area contributed by atoms with Gasteiger partial charge in [0.15, 0.2) is 5.58 Å². The number of carbonyl (C=O) groups excluding carboxylic acids is 1. The third-order valence-electron chi connectivity index (χ3n) is 5.71. The highest BCUT2D eigenvalue weighted by Gasteiger charge is 2.15. The average Bonchev–Trinajstić information content (AvgIpc) is 3.21. The molecule has 0 bridgehead atoms. The second-order valence-corrected chi connectivity index (χ2v) is 7.85. The fourth-order valence-corrected chi connectivity index (χ4v) is 3.76. The van der Waals surface area contributed by atoms with Crippen molar-refractivity contribution in [1.29, 1.82) is 0 Å². The summed E-state index contributed by atoms with van der Waals surface area (Å²) in [6.45, 7) is 4.12. The summed E-state index contributed by atoms with van der Waals surface area (Å²) in [5, 5.41) is 4.95. The number of ether oxygens (including phenoxy) is 1. The van der Waals surface area contributed by atoms with Gasteiger partial charge in [-0.25, -0.2) is 4.98 Å². The standard InChI is InChI=1S/C27H22N2O3/c1-16-12-23-25(13-17(16)2)32-27(29-23)18-8-10-21(11-9-18)28-26(30)22-14-19-6-4-5-7-20(19)15-24(22)31-3/h4-15H,1-3H3,(H,28,30). The summed E-state index contributed by atoms with van der Waals surface area (Å²) in [5.41, 5.74) is 5.96. The van der Waals surface area contributed by atoms with Gasteiger partial charge in [-0.3, -0.25) is 4.79 Å². The number of aromatic nitrogens is 1. The van der Waals surface area contributed by atoms with Crippen LogP contribution in [0.2, 0.25) is 0 Å². The molecule has 0 atom stereocenters. The first-order valence-corrected chi connectivity index (χ1v) is 10.4. The van der Waals surface area contributed by atoms with Crippen LogP contribution >= 0.6 is 0 Å². The predicted octanol–water partition coefficient (Wildman–Crippen LogP) is 6.53. The minimum absolute atomic E-state index is 0.229. The summed E-state index contributed by atoms with van der Waals surface area (Å²) in [6, 6.07) is 23.1. The molecule has 32 heavy (non-hydrogen) atoms. The van der Waals surface area contributed by atoms with Crippen molar-refractivity contribution >= 4 is 33.5 Å². The third kappa shape index (κ3) is 3.58. The van der Waals surface area contributed by atoms with E-state index in [-0.39, 0.29) is 5.91 Å². The van der Waals surface area contributed by atoms with Gasteiger partial charge < -0.3 is 14.5 Å². The summed E-state index contributed by atoms with van der Waals surface area (Å²) >= 11 is 0. The van der Waals surface area contributed by atoms with E-state index in [0.29, 0.717) is 22.9 Å². The molecule has 5 rings (SSSR count). The lowest BCUT2D eigenvalue weighted by molar-refractivity contribution is 0.102. The van der Waals surface area contributed by atoms with Gasteiger partial charge in [0.2, 0.25) is 5.89 Å². The van der Waals surface area contributed by atoms with Gasteiger partial charge in [0.25, 0.3) is 5.91 Å². The Bertz CT molecular complexity index is 1430. The van der Waals surface area contributed by atoms with Crippen LogP contribution in [0.1, 0.15) is 21.5 Å². The lowest BCUT2D eigenvalue weighted by atomic mass is 10.1. The van der Waals surface area contributed by atoms with Crippen molar-refractivity contribution in [1.82, 2.24) is 4.98 Å². The minimum atomic E-state index is -0.229. The van der Waals surface area contributed by atoms with Crippen LogP contribution in [0.5, 0.6) is 5.75 Å². The fourth-order valence-electron chi connectivity index (χ4n) is 3.76. The molecule has 158 valence electrons. The van der Waals surface area contributed by atoms with Crippen LogP contribution in [0.15, 0.2) is 77.2 Å². The summed E-state index contributed by atoms with van der Waals surface area (Å²) < 4.78 is 11.4. The molecule has 5 nitrogen and oxygen atoms in total. The highest BCUT2D eigenvalue weighted by molar-refractivity contribution is 6.08. The largest absolute Gasteiger partial charge is 0.496 e. The Morgan fingerprint density at radius 1 is 0.906 bits per heavy atom. The predicted molar refractivity (Wildman–Crippen MR) is 127 cm³/mol. The smallest absolute Gasteiger partial charge is 0.259 e. The molecule has 1 amide bonds. The van der Waals surface area contributed by atoms with E-state index in [0.717, 1.165) is 27.4 Å². The Hall–Kier alpha value is -4.12. The Morgan fingerprint density at radius 3 is 2.31 bits per heavy atom. The normalized spacial score (nSPS) is 11.1. The van der Waals surface area contributed by atoms with E-state index in [1.54, 1.807) is 7.11 Å². The maximum atomic E-state index is 13.0. The van der Waals surface area contributed by atoms with Gasteiger partial charge >= 0.3 is 0 Å². The van der Waals surface area contributed by atoms with E-state index in [1.807, 2.05) is 72.8 Å². The summed E-state index contributed by atoms with van der Waals surface area (Å²) in [6.07, 6.45) is 0. The highest BCUT2D eigenvalue weighted by atomic mass is 16.5. The van der Waals surface area contributed by atoms with E-state index in [4.69, 9.17) is 9.15 Å². The lowest BCUT2D eigenvalue weighted by Gasteiger charge is -2.11. The van der Waals surface area contributed by atoms with Crippen molar-refractivity contribution in [2.24, 2.45) is 0 Å². The number of anilines is 1. The van der Waals surface area contributed by atoms with Crippen molar-refractivity contribution in [2.75, 3.05) is 12.4 Å². The van der Waals surface area contributed by atoms with Crippen molar-refractivity contribution in [3.8, 4) is 17.2 Å². The topological polar surface area (TPSA) is 64.4 Å². The molecule has 0 aliphatic rings. The molecule has 0 spiro atoms. The quantitative estimate of drug-likeness (QED) is 0.358. The molecule has 5 aromatic rings. The van der Waals surface area contributed by atoms with Gasteiger partial charge in [-0.1, -0.05) is 24.3 Å². The molecule has 4 aromatic carbocycles. The van der Waals surface area contributed by atoms with E-state index < -0.39 is 0 Å². The maximum absolute atomic E-state index is 13.0. The van der Waals surface area contributed by atoms with Crippen molar-refractivity contribution < 1.29 is 13.9 Å². The molecule has 1 aromatic heterocycles. The first kappa shape index (κ1) is 19.8. The van der Waals surface area contributed by atoms with Crippen molar-refractivity contribution in [2.45, 2.75) is 13.8 Å². The van der Waals surface area contributed by atoms with Crippen LogP contribution < -0.4 is 10.1 Å². The number of benzene rings is 4. The Morgan fingerprint density at radius 2 is 1.59 bits per heavy atom. The zero-order chi connectivity index (χ0) is 22.2. The number of oxazole rings is 1. The molecule has 0 aliphatic carbocycles. The Kier molecular flexibility index (Phi) is 4.86. The maximum Gasteiger partial charge on any atom is 0.259 e. The second kappa shape index (κ2) is 7.85. The number of hydrogen-bond acceptors (Lipinski definition) is 4. The molecule has 5 heteroatoms. The van der Waals surface area contributed by atoms with Gasteiger partial charge in [-0.05, 0) is 84.3 Å². The van der Waals surface area contributed by atoms with E-state index >= 15 is 0 Å². The first-order valence-electron chi connectivity index (χ1n) is 10.4. The molecular formula is C27H22N2O3. The number of aryl methyl sites for hydroxylation is 2. The van der Waals surface area contributed by atoms with Gasteiger partial charge in [-0.15, -0.1) is 0 Å². The summed E-state index contributed by atoms with van der Waals surface area (Å²) in [7, 11) is 1.57. The fraction of sp³-hybridized carbons (Fsp3) is 0.111. The Balaban J connectivity index is 1.40. The number of nitrogens with zero attached hydrogens (tertiary/aromatic N) is 1. The number of carbonyl (C=O) groups is 1. The number of amides is 1. The van der Waals surface area contributed by atoms with E-state index in [1.165, 1.54) is 11.1 Å². The zero-order valence-electron chi connectivity index (χ0n) is 18.1. The van der Waals surface area contributed by atoms with Crippen LogP contribution in [-0.4, -0.2) is 18.0 Å². The van der Waals surface area contributed by atoms with Crippen LogP contribution in [0, 0.1) is 13.8 Å². The molecule has 0 saturated carbocycles. The SMILES string of the molecule is COc1cc2ccccc2cc1C(=O)Nc1ccc(-c2nc3cc(C)c(C)cc3o2)cc1. The van der Waals surface area contributed by atoms with Gasteiger partial charge in [0, 0.05) is 11.3 Å². The number of nitrogens with one attached hydrogen (secondary N) is 1. The first-order chi connectivity index (χ1) is 15.5. The second-order valence-electron chi connectivity index (χ2n) is 7.85. The molecule has 1 N–H and O–H groups in total. The molecule has 0 radical (unpaired) electrons. The zero-order valence-corrected chi connectivity index (χ0v) is 18.1. The monoisotopic (exact) mass is 422 g/mol. The lowest BCUT2D eigenvalue weighted by Crippen LogP contribution is -2.13. The van der Waals surface area contributed by atoms with E-state index in [2.05, 4.69) is 24.1 Å². The summed E-state index contributed by atoms with van der Waals surface area (Å²) in [4.78, 5) is 17.6. The molecular weight excluding hydrogens is 400 g/mol. The minimum Gasteiger partial charge on any atom is -0.496 e. The van der Waals surface area contributed by atoms with E-state index in [9.17, 15) is 4.79 Å². The third-order valence-corrected chi connectivity index (χ3v) is 5.71. The number of rotatable bonds is 4. The average molecular weight is 422 g/mol. The molecule has 0 aliphatic heterocycles. The number of methoxy groups -OCH3 is 1. The van der Waals surface area contributed by atoms with Crippen molar-refractivity contribution in [3.05, 3.63) is 89.5 Å².